The van der Waals surface area contributed by atoms with Crippen molar-refractivity contribution in [3.8, 4) is 5.75 Å². The molecule has 0 aliphatic carbocycles. The number of carbonyl (C=O) groups is 2. The van der Waals surface area contributed by atoms with Gasteiger partial charge in [-0.1, -0.05) is 18.2 Å². The van der Waals surface area contributed by atoms with Crippen molar-refractivity contribution >= 4 is 17.6 Å². The predicted molar refractivity (Wildman–Crippen MR) is 101 cm³/mol. The second-order valence-corrected chi connectivity index (χ2v) is 6.60. The first kappa shape index (κ1) is 19.8. The summed E-state index contributed by atoms with van der Waals surface area (Å²) in [5, 5.41) is 11.9. The minimum atomic E-state index is -1.04. The maximum Gasteiger partial charge on any atom is 0.335 e. The Morgan fingerprint density at radius 2 is 2.07 bits per heavy atom. The fourth-order valence-electron chi connectivity index (χ4n) is 3.09. The standard InChI is InChI=1S/C21H22FNO5/c22-15-8-9-19(28-13-16-5-3-11-27-16)18(12-15)23-20(24)10-7-14-4-1-2-6-17(14)21(25)26/h1-2,4,6,8-9,12,16H,3,5,7,10-11,13H2,(H,23,24)(H,25,26). The molecule has 2 N–H and O–H groups in total. The summed E-state index contributed by atoms with van der Waals surface area (Å²) in [7, 11) is 0. The van der Waals surface area contributed by atoms with Crippen LogP contribution in [0.2, 0.25) is 0 Å². The van der Waals surface area contributed by atoms with E-state index in [9.17, 15) is 19.1 Å². The minimum Gasteiger partial charge on any atom is -0.489 e. The highest BCUT2D eigenvalue weighted by atomic mass is 19.1. The molecule has 0 radical (unpaired) electrons. The lowest BCUT2D eigenvalue weighted by Crippen LogP contribution is -2.18. The lowest BCUT2D eigenvalue weighted by atomic mass is 10.0. The molecule has 28 heavy (non-hydrogen) atoms. The van der Waals surface area contributed by atoms with Crippen LogP contribution in [0.25, 0.3) is 0 Å². The third-order valence-electron chi connectivity index (χ3n) is 4.53. The molecular formula is C21H22FNO5. The number of rotatable bonds is 8. The number of amides is 1. The Labute approximate surface area is 162 Å². The van der Waals surface area contributed by atoms with Crippen LogP contribution in [0.1, 0.15) is 35.2 Å². The number of carboxylic acids is 1. The van der Waals surface area contributed by atoms with Crippen molar-refractivity contribution < 1.29 is 28.6 Å². The van der Waals surface area contributed by atoms with Gasteiger partial charge >= 0.3 is 5.97 Å². The van der Waals surface area contributed by atoms with Crippen LogP contribution in [0.5, 0.6) is 5.75 Å². The van der Waals surface area contributed by atoms with Crippen LogP contribution in [-0.4, -0.2) is 36.3 Å². The van der Waals surface area contributed by atoms with E-state index in [2.05, 4.69) is 5.32 Å². The molecule has 148 valence electrons. The van der Waals surface area contributed by atoms with Crippen molar-refractivity contribution in [1.82, 2.24) is 0 Å². The van der Waals surface area contributed by atoms with Crippen LogP contribution in [0.4, 0.5) is 10.1 Å². The van der Waals surface area contributed by atoms with Gasteiger partial charge in [-0.2, -0.15) is 0 Å². The Morgan fingerprint density at radius 1 is 1.25 bits per heavy atom. The van der Waals surface area contributed by atoms with Crippen LogP contribution < -0.4 is 10.1 Å². The summed E-state index contributed by atoms with van der Waals surface area (Å²) in [5.74, 6) is -1.51. The van der Waals surface area contributed by atoms with E-state index in [-0.39, 0.29) is 36.1 Å². The van der Waals surface area contributed by atoms with Crippen molar-refractivity contribution in [2.75, 3.05) is 18.5 Å². The molecule has 1 atom stereocenters. The normalized spacial score (nSPS) is 16.0. The lowest BCUT2D eigenvalue weighted by molar-refractivity contribution is -0.116. The quantitative estimate of drug-likeness (QED) is 0.722. The Balaban J connectivity index is 1.61. The number of carbonyl (C=O) groups excluding carboxylic acids is 1. The summed E-state index contributed by atoms with van der Waals surface area (Å²) in [6.45, 7) is 1.04. The van der Waals surface area contributed by atoms with Crippen molar-refractivity contribution in [2.24, 2.45) is 0 Å². The topological polar surface area (TPSA) is 84.9 Å². The van der Waals surface area contributed by atoms with E-state index in [1.807, 2.05) is 0 Å². The van der Waals surface area contributed by atoms with Crippen LogP contribution in [0.3, 0.4) is 0 Å². The number of hydrogen-bond donors (Lipinski definition) is 2. The van der Waals surface area contributed by atoms with Gasteiger partial charge in [0.1, 0.15) is 18.2 Å². The van der Waals surface area contributed by atoms with Crippen LogP contribution >= 0.6 is 0 Å². The molecule has 1 amide bonds. The third-order valence-corrected chi connectivity index (χ3v) is 4.53. The molecule has 2 aromatic carbocycles. The summed E-state index contributed by atoms with van der Waals surface area (Å²) in [6, 6.07) is 10.5. The fraction of sp³-hybridized carbons (Fsp3) is 0.333. The second-order valence-electron chi connectivity index (χ2n) is 6.60. The molecule has 0 saturated carbocycles. The van der Waals surface area contributed by atoms with Gasteiger partial charge in [0, 0.05) is 19.1 Å². The van der Waals surface area contributed by atoms with Gasteiger partial charge in [-0.25, -0.2) is 9.18 Å². The Kier molecular flexibility index (Phi) is 6.60. The highest BCUT2D eigenvalue weighted by Gasteiger charge is 2.18. The van der Waals surface area contributed by atoms with Gasteiger partial charge in [0.05, 0.1) is 17.4 Å². The SMILES string of the molecule is O=C(CCc1ccccc1C(=O)O)Nc1cc(F)ccc1OCC1CCCO1. The molecule has 1 unspecified atom stereocenters. The highest BCUT2D eigenvalue weighted by Crippen LogP contribution is 2.27. The fourth-order valence-corrected chi connectivity index (χ4v) is 3.09. The van der Waals surface area contributed by atoms with E-state index < -0.39 is 11.8 Å². The summed E-state index contributed by atoms with van der Waals surface area (Å²) < 4.78 is 24.8. The average Bonchev–Trinajstić information content (AvgIpc) is 3.19. The van der Waals surface area contributed by atoms with Crippen molar-refractivity contribution in [3.63, 3.8) is 0 Å². The van der Waals surface area contributed by atoms with E-state index in [4.69, 9.17) is 9.47 Å². The van der Waals surface area contributed by atoms with E-state index in [1.54, 1.807) is 18.2 Å². The number of ether oxygens (including phenoxy) is 2. The maximum atomic E-state index is 13.6. The van der Waals surface area contributed by atoms with Gasteiger partial charge in [0.25, 0.3) is 0 Å². The Morgan fingerprint density at radius 3 is 2.82 bits per heavy atom. The summed E-state index contributed by atoms with van der Waals surface area (Å²) in [5.41, 5.74) is 0.982. The number of benzene rings is 2. The predicted octanol–water partition coefficient (Wildman–Crippen LogP) is 3.65. The first-order valence-electron chi connectivity index (χ1n) is 9.18. The maximum absolute atomic E-state index is 13.6. The zero-order valence-corrected chi connectivity index (χ0v) is 15.3. The Bertz CT molecular complexity index is 848. The molecule has 1 saturated heterocycles. The van der Waals surface area contributed by atoms with Gasteiger partial charge < -0.3 is 19.9 Å². The molecule has 2 aromatic rings. The molecule has 1 aliphatic heterocycles. The molecule has 1 aliphatic rings. The van der Waals surface area contributed by atoms with Gasteiger partial charge in [0.15, 0.2) is 0 Å². The number of aromatic carboxylic acids is 1. The number of aryl methyl sites for hydroxylation is 1. The van der Waals surface area contributed by atoms with E-state index in [0.717, 1.165) is 12.8 Å². The molecule has 6 nitrogen and oxygen atoms in total. The molecule has 3 rings (SSSR count). The number of anilines is 1. The molecule has 0 aromatic heterocycles. The molecule has 1 heterocycles. The van der Waals surface area contributed by atoms with Crippen LogP contribution in [-0.2, 0) is 16.0 Å². The van der Waals surface area contributed by atoms with Gasteiger partial charge in [-0.3, -0.25) is 4.79 Å². The summed E-state index contributed by atoms with van der Waals surface area (Å²) in [6.07, 6.45) is 2.22. The van der Waals surface area contributed by atoms with Crippen LogP contribution in [0.15, 0.2) is 42.5 Å². The zero-order chi connectivity index (χ0) is 19.9. The molecule has 0 spiro atoms. The second kappa shape index (κ2) is 9.32. The third kappa shape index (κ3) is 5.29. The lowest BCUT2D eigenvalue weighted by Gasteiger charge is -2.15. The minimum absolute atomic E-state index is 0.00104. The van der Waals surface area contributed by atoms with Crippen molar-refractivity contribution in [1.29, 1.82) is 0 Å². The summed E-state index contributed by atoms with van der Waals surface area (Å²) in [4.78, 5) is 23.6. The van der Waals surface area contributed by atoms with Crippen molar-refractivity contribution in [2.45, 2.75) is 31.8 Å². The molecule has 7 heteroatoms. The highest BCUT2D eigenvalue weighted by molar-refractivity contribution is 5.93. The molecule has 0 bridgehead atoms. The number of hydrogen-bond acceptors (Lipinski definition) is 4. The number of carboxylic acid groups (broad SMARTS) is 1. The average molecular weight is 387 g/mol. The smallest absolute Gasteiger partial charge is 0.335 e. The first-order valence-corrected chi connectivity index (χ1v) is 9.18. The largest absolute Gasteiger partial charge is 0.489 e. The molecular weight excluding hydrogens is 365 g/mol. The van der Waals surface area contributed by atoms with Crippen molar-refractivity contribution in [3.05, 3.63) is 59.4 Å². The van der Waals surface area contributed by atoms with Crippen LogP contribution in [0, 0.1) is 5.82 Å². The van der Waals surface area contributed by atoms with E-state index in [0.29, 0.717) is 24.5 Å². The number of halogens is 1. The molecule has 1 fully saturated rings. The Hall–Kier alpha value is -2.93. The van der Waals surface area contributed by atoms with E-state index in [1.165, 1.54) is 24.3 Å². The zero-order valence-electron chi connectivity index (χ0n) is 15.3. The van der Waals surface area contributed by atoms with Gasteiger partial charge in [-0.05, 0) is 43.0 Å². The van der Waals surface area contributed by atoms with Gasteiger partial charge in [-0.15, -0.1) is 0 Å². The van der Waals surface area contributed by atoms with Gasteiger partial charge in [0.2, 0.25) is 5.91 Å². The monoisotopic (exact) mass is 387 g/mol. The summed E-state index contributed by atoms with van der Waals surface area (Å²) >= 11 is 0. The number of nitrogens with one attached hydrogen (secondary N) is 1. The first-order chi connectivity index (χ1) is 13.5. The van der Waals surface area contributed by atoms with E-state index >= 15 is 0 Å².